The topological polar surface area (TPSA) is 37.4 Å². The second-order valence-electron chi connectivity index (χ2n) is 6.35. The van der Waals surface area contributed by atoms with Crippen molar-refractivity contribution in [1.29, 1.82) is 0 Å². The average molecular weight is 295 g/mol. The Morgan fingerprint density at radius 3 is 2.82 bits per heavy atom. The molecule has 0 saturated heterocycles. The lowest BCUT2D eigenvalue weighted by atomic mass is 9.99. The normalized spacial score (nSPS) is 21.8. The number of allylic oxidation sites excluding steroid dienone is 2. The third-order valence-electron chi connectivity index (χ3n) is 4.64. The number of hydrogen-bond donors (Lipinski definition) is 0. The van der Waals surface area contributed by atoms with Crippen LogP contribution in [0, 0.1) is 0 Å². The highest BCUT2D eigenvalue weighted by Gasteiger charge is 2.37. The van der Waals surface area contributed by atoms with Crippen LogP contribution in [0.5, 0.6) is 0 Å². The van der Waals surface area contributed by atoms with Crippen LogP contribution in [0.25, 0.3) is 5.57 Å². The van der Waals surface area contributed by atoms with Gasteiger partial charge in [0.15, 0.2) is 5.78 Å². The van der Waals surface area contributed by atoms with E-state index >= 15 is 0 Å². The number of benzene rings is 1. The molecule has 1 heterocycles. The first-order valence-corrected chi connectivity index (χ1v) is 7.77. The fraction of sp³-hybridized carbons (Fsp3) is 0.368. The lowest BCUT2D eigenvalue weighted by Gasteiger charge is -2.25. The van der Waals surface area contributed by atoms with Gasteiger partial charge >= 0.3 is 0 Å². The summed E-state index contributed by atoms with van der Waals surface area (Å²) in [5.74, 6) is 0.101. The predicted octanol–water partition coefficient (Wildman–Crippen LogP) is 3.74. The zero-order valence-electron chi connectivity index (χ0n) is 13.0. The Kier molecular flexibility index (Phi) is 3.73. The lowest BCUT2D eigenvalue weighted by molar-refractivity contribution is -0.122. The van der Waals surface area contributed by atoms with E-state index < -0.39 is 0 Å². The molecule has 3 rings (SSSR count). The standard InChI is InChI=1S/C19H21NO2/c1-12(2)14-7-5-8-15-16(14)11-20(19(15)22)17-9-4-6-13(3)10-18(17)21/h5,7-8,17H,1,3-4,6,9-11H2,2H3/t17-/m0/s1. The molecule has 0 bridgehead atoms. The summed E-state index contributed by atoms with van der Waals surface area (Å²) in [5, 5.41) is 0. The minimum absolute atomic E-state index is 0.0241. The number of nitrogens with zero attached hydrogens (tertiary/aromatic N) is 1. The van der Waals surface area contributed by atoms with Gasteiger partial charge in [0.05, 0.1) is 6.04 Å². The Morgan fingerprint density at radius 2 is 2.09 bits per heavy atom. The predicted molar refractivity (Wildman–Crippen MR) is 87.4 cm³/mol. The molecule has 1 aromatic carbocycles. The van der Waals surface area contributed by atoms with Crippen LogP contribution in [0.1, 0.15) is 54.1 Å². The maximum Gasteiger partial charge on any atom is 0.255 e. The minimum atomic E-state index is -0.308. The molecule has 3 heteroatoms. The van der Waals surface area contributed by atoms with Gasteiger partial charge in [-0.2, -0.15) is 0 Å². The van der Waals surface area contributed by atoms with Crippen molar-refractivity contribution in [2.24, 2.45) is 0 Å². The van der Waals surface area contributed by atoms with E-state index in [2.05, 4.69) is 13.2 Å². The number of ketones is 1. The number of Topliss-reactive ketones (excluding diaryl/α,β-unsaturated/α-hetero) is 1. The van der Waals surface area contributed by atoms with Crippen molar-refractivity contribution in [2.75, 3.05) is 0 Å². The number of carbonyl (C=O) groups excluding carboxylic acids is 2. The van der Waals surface area contributed by atoms with Crippen molar-refractivity contribution in [1.82, 2.24) is 4.90 Å². The first-order valence-electron chi connectivity index (χ1n) is 7.77. The molecule has 0 N–H and O–H groups in total. The van der Waals surface area contributed by atoms with Gasteiger partial charge in [0.1, 0.15) is 0 Å². The van der Waals surface area contributed by atoms with Crippen molar-refractivity contribution in [3.05, 3.63) is 53.6 Å². The second kappa shape index (κ2) is 5.56. The molecular weight excluding hydrogens is 274 g/mol. The first kappa shape index (κ1) is 14.8. The van der Waals surface area contributed by atoms with Gasteiger partial charge in [-0.25, -0.2) is 0 Å². The number of rotatable bonds is 2. The van der Waals surface area contributed by atoms with Crippen molar-refractivity contribution in [3.8, 4) is 0 Å². The Morgan fingerprint density at radius 1 is 1.32 bits per heavy atom. The van der Waals surface area contributed by atoms with Crippen LogP contribution < -0.4 is 0 Å². The number of hydrogen-bond acceptors (Lipinski definition) is 2. The second-order valence-corrected chi connectivity index (χ2v) is 6.35. The summed E-state index contributed by atoms with van der Waals surface area (Å²) in [7, 11) is 0. The number of carbonyl (C=O) groups is 2. The van der Waals surface area contributed by atoms with Gasteiger partial charge in [0.2, 0.25) is 0 Å². The molecule has 1 fully saturated rings. The van der Waals surface area contributed by atoms with Crippen molar-refractivity contribution < 1.29 is 9.59 Å². The Balaban J connectivity index is 1.93. The Bertz CT molecular complexity index is 687. The SMILES string of the molecule is C=C1CCC[C@H](N2Cc3c(C(=C)C)cccc3C2=O)C(=O)C1. The molecule has 2 aliphatic rings. The van der Waals surface area contributed by atoms with Crippen LogP contribution in [0.3, 0.4) is 0 Å². The van der Waals surface area contributed by atoms with Crippen LogP contribution in [-0.4, -0.2) is 22.6 Å². The van der Waals surface area contributed by atoms with Crippen LogP contribution in [0.15, 0.2) is 36.9 Å². The lowest BCUT2D eigenvalue weighted by Crippen LogP contribution is -2.40. The highest BCUT2D eigenvalue weighted by atomic mass is 16.2. The van der Waals surface area contributed by atoms with Crippen molar-refractivity contribution >= 4 is 17.3 Å². The quantitative estimate of drug-likeness (QED) is 0.615. The van der Waals surface area contributed by atoms with Gasteiger partial charge < -0.3 is 4.90 Å². The van der Waals surface area contributed by atoms with Gasteiger partial charge in [-0.3, -0.25) is 9.59 Å². The molecule has 0 unspecified atom stereocenters. The molecule has 22 heavy (non-hydrogen) atoms. The highest BCUT2D eigenvalue weighted by Crippen LogP contribution is 2.33. The minimum Gasteiger partial charge on any atom is -0.324 e. The largest absolute Gasteiger partial charge is 0.324 e. The van der Waals surface area contributed by atoms with Gasteiger partial charge in [-0.05, 0) is 43.4 Å². The summed E-state index contributed by atoms with van der Waals surface area (Å²) in [4.78, 5) is 26.9. The molecule has 0 radical (unpaired) electrons. The summed E-state index contributed by atoms with van der Waals surface area (Å²) in [6, 6.07) is 5.43. The first-order chi connectivity index (χ1) is 10.5. The summed E-state index contributed by atoms with van der Waals surface area (Å²) in [6.45, 7) is 10.4. The van der Waals surface area contributed by atoms with E-state index in [9.17, 15) is 9.59 Å². The third kappa shape index (κ3) is 2.41. The van der Waals surface area contributed by atoms with E-state index in [0.29, 0.717) is 13.0 Å². The zero-order chi connectivity index (χ0) is 15.9. The highest BCUT2D eigenvalue weighted by molar-refractivity contribution is 6.02. The molecule has 1 aromatic rings. The monoisotopic (exact) mass is 295 g/mol. The van der Waals surface area contributed by atoms with E-state index in [1.165, 1.54) is 0 Å². The molecule has 1 aliphatic carbocycles. The number of fused-ring (bicyclic) bond motifs is 1. The van der Waals surface area contributed by atoms with Gasteiger partial charge in [0.25, 0.3) is 5.91 Å². The van der Waals surface area contributed by atoms with Gasteiger partial charge in [0, 0.05) is 18.5 Å². The van der Waals surface area contributed by atoms with Crippen LogP contribution in [0.2, 0.25) is 0 Å². The van der Waals surface area contributed by atoms with E-state index in [-0.39, 0.29) is 17.7 Å². The molecule has 114 valence electrons. The van der Waals surface area contributed by atoms with Gasteiger partial charge in [-0.1, -0.05) is 36.4 Å². The average Bonchev–Trinajstić information content (AvgIpc) is 2.70. The van der Waals surface area contributed by atoms with Crippen LogP contribution in [-0.2, 0) is 11.3 Å². The molecule has 1 amide bonds. The van der Waals surface area contributed by atoms with E-state index in [1.54, 1.807) is 4.90 Å². The van der Waals surface area contributed by atoms with E-state index in [4.69, 9.17) is 0 Å². The maximum atomic E-state index is 12.7. The van der Waals surface area contributed by atoms with Crippen LogP contribution in [0.4, 0.5) is 0 Å². The summed E-state index contributed by atoms with van der Waals surface area (Å²) >= 11 is 0. The summed E-state index contributed by atoms with van der Waals surface area (Å²) < 4.78 is 0. The van der Waals surface area contributed by atoms with Crippen molar-refractivity contribution in [3.63, 3.8) is 0 Å². The maximum absolute atomic E-state index is 12.7. The Labute approximate surface area is 131 Å². The molecule has 3 nitrogen and oxygen atoms in total. The Hall–Kier alpha value is -2.16. The summed E-state index contributed by atoms with van der Waals surface area (Å²) in [6.07, 6.45) is 2.94. The summed E-state index contributed by atoms with van der Waals surface area (Å²) in [5.41, 5.74) is 4.69. The molecule has 1 saturated carbocycles. The van der Waals surface area contributed by atoms with Crippen LogP contribution >= 0.6 is 0 Å². The zero-order valence-corrected chi connectivity index (χ0v) is 13.0. The smallest absolute Gasteiger partial charge is 0.255 e. The number of amides is 1. The molecule has 1 aliphatic heterocycles. The molecule has 0 spiro atoms. The van der Waals surface area contributed by atoms with E-state index in [0.717, 1.165) is 47.1 Å². The third-order valence-corrected chi connectivity index (χ3v) is 4.64. The van der Waals surface area contributed by atoms with Gasteiger partial charge in [-0.15, -0.1) is 0 Å². The van der Waals surface area contributed by atoms with E-state index in [1.807, 2.05) is 25.1 Å². The fourth-order valence-corrected chi connectivity index (χ4v) is 3.49. The van der Waals surface area contributed by atoms with Crippen molar-refractivity contribution in [2.45, 2.75) is 45.2 Å². The molecular formula is C19H21NO2. The molecule has 0 aromatic heterocycles. The molecule has 1 atom stereocenters. The fourth-order valence-electron chi connectivity index (χ4n) is 3.49.